The third-order valence-corrected chi connectivity index (χ3v) is 6.39. The van der Waals surface area contributed by atoms with Gasteiger partial charge in [0.25, 0.3) is 0 Å². The summed E-state index contributed by atoms with van der Waals surface area (Å²) in [5.41, 5.74) is 4.61. The summed E-state index contributed by atoms with van der Waals surface area (Å²) in [6, 6.07) is 11.0. The lowest BCUT2D eigenvalue weighted by atomic mass is 9.71. The zero-order valence-corrected chi connectivity index (χ0v) is 13.5. The van der Waals surface area contributed by atoms with E-state index in [2.05, 4.69) is 51.1 Å². The van der Waals surface area contributed by atoms with Gasteiger partial charge in [-0.1, -0.05) is 41.5 Å². The summed E-state index contributed by atoms with van der Waals surface area (Å²) in [5.74, 6) is 2.31. The standard InChI is InChI=1S/C18H24OS/c1-13-11-16(15-7-5-4-6-8-15)17(12-14(13)2)18(3)19-9-10-20-18/h4-8,16-17H,9-12H2,1-3H3/t16-,17-,18?/m1/s1. The van der Waals surface area contributed by atoms with E-state index in [1.54, 1.807) is 11.1 Å². The molecule has 1 aromatic carbocycles. The highest BCUT2D eigenvalue weighted by Crippen LogP contribution is 2.52. The van der Waals surface area contributed by atoms with Gasteiger partial charge in [0.05, 0.1) is 6.61 Å². The highest BCUT2D eigenvalue weighted by atomic mass is 32.2. The van der Waals surface area contributed by atoms with E-state index in [1.165, 1.54) is 18.4 Å². The zero-order valence-electron chi connectivity index (χ0n) is 12.7. The van der Waals surface area contributed by atoms with Crippen molar-refractivity contribution in [3.63, 3.8) is 0 Å². The summed E-state index contributed by atoms with van der Waals surface area (Å²) in [5, 5.41) is 0. The Morgan fingerprint density at radius 3 is 2.45 bits per heavy atom. The van der Waals surface area contributed by atoms with Gasteiger partial charge in [0.1, 0.15) is 4.93 Å². The van der Waals surface area contributed by atoms with E-state index >= 15 is 0 Å². The third-order valence-electron chi connectivity index (χ3n) is 5.03. The predicted octanol–water partition coefficient (Wildman–Crippen LogP) is 5.00. The van der Waals surface area contributed by atoms with Crippen LogP contribution in [0.5, 0.6) is 0 Å². The van der Waals surface area contributed by atoms with Gasteiger partial charge in [0, 0.05) is 11.7 Å². The quantitative estimate of drug-likeness (QED) is 0.709. The molecule has 1 saturated heterocycles. The molecule has 0 aromatic heterocycles. The molecule has 0 N–H and O–H groups in total. The van der Waals surface area contributed by atoms with Crippen molar-refractivity contribution in [3.05, 3.63) is 47.0 Å². The first-order valence-corrected chi connectivity index (χ1v) is 8.57. The molecule has 3 atom stereocenters. The average molecular weight is 288 g/mol. The Labute approximate surface area is 126 Å². The molecule has 0 amide bonds. The fraction of sp³-hybridized carbons (Fsp3) is 0.556. The smallest absolute Gasteiger partial charge is 0.114 e. The van der Waals surface area contributed by atoms with Gasteiger partial charge in [-0.2, -0.15) is 0 Å². The second-order valence-corrected chi connectivity index (χ2v) is 7.81. The van der Waals surface area contributed by atoms with Crippen LogP contribution in [-0.2, 0) is 4.74 Å². The second kappa shape index (κ2) is 5.57. The molecular formula is C18H24OS. The van der Waals surface area contributed by atoms with Crippen molar-refractivity contribution in [2.45, 2.75) is 44.5 Å². The number of allylic oxidation sites excluding steroid dienone is 2. The van der Waals surface area contributed by atoms with Gasteiger partial charge in [0.15, 0.2) is 0 Å². The molecule has 1 unspecified atom stereocenters. The monoisotopic (exact) mass is 288 g/mol. The molecule has 2 aliphatic rings. The minimum atomic E-state index is -0.0114. The molecule has 1 heterocycles. The molecule has 0 radical (unpaired) electrons. The molecule has 0 bridgehead atoms. The number of ether oxygens (including phenoxy) is 1. The van der Waals surface area contributed by atoms with E-state index in [-0.39, 0.29) is 4.93 Å². The van der Waals surface area contributed by atoms with E-state index < -0.39 is 0 Å². The van der Waals surface area contributed by atoms with Crippen LogP contribution in [0.2, 0.25) is 0 Å². The van der Waals surface area contributed by atoms with Gasteiger partial charge in [0.2, 0.25) is 0 Å². The number of hydrogen-bond acceptors (Lipinski definition) is 2. The third kappa shape index (κ3) is 2.56. The fourth-order valence-electron chi connectivity index (χ4n) is 3.64. The van der Waals surface area contributed by atoms with Crippen LogP contribution in [0.4, 0.5) is 0 Å². The Morgan fingerprint density at radius 1 is 1.10 bits per heavy atom. The lowest BCUT2D eigenvalue weighted by Crippen LogP contribution is -2.37. The zero-order chi connectivity index (χ0) is 14.2. The molecule has 20 heavy (non-hydrogen) atoms. The molecule has 108 valence electrons. The van der Waals surface area contributed by atoms with Crippen LogP contribution >= 0.6 is 11.8 Å². The predicted molar refractivity (Wildman–Crippen MR) is 87.1 cm³/mol. The highest BCUT2D eigenvalue weighted by Gasteiger charge is 2.45. The molecule has 3 rings (SSSR count). The van der Waals surface area contributed by atoms with Gasteiger partial charge in [-0.05, 0) is 45.1 Å². The molecule has 1 aliphatic heterocycles. The van der Waals surface area contributed by atoms with Crippen molar-refractivity contribution in [3.8, 4) is 0 Å². The molecule has 2 heteroatoms. The molecule has 1 nitrogen and oxygen atoms in total. The Bertz CT molecular complexity index is 499. The molecule has 1 aliphatic carbocycles. The first-order chi connectivity index (χ1) is 9.60. The van der Waals surface area contributed by atoms with E-state index in [1.807, 2.05) is 11.8 Å². The maximum atomic E-state index is 6.16. The van der Waals surface area contributed by atoms with Gasteiger partial charge in [-0.15, -0.1) is 11.8 Å². The Kier molecular flexibility index (Phi) is 3.96. The maximum absolute atomic E-state index is 6.16. The molecule has 0 saturated carbocycles. The first-order valence-electron chi connectivity index (χ1n) is 7.58. The van der Waals surface area contributed by atoms with E-state index in [9.17, 15) is 0 Å². The average Bonchev–Trinajstić information content (AvgIpc) is 2.90. The Morgan fingerprint density at radius 2 is 1.80 bits per heavy atom. The molecule has 1 fully saturated rings. The topological polar surface area (TPSA) is 9.23 Å². The number of rotatable bonds is 2. The lowest BCUT2D eigenvalue weighted by Gasteiger charge is -2.42. The normalized spacial score (nSPS) is 34.5. The van der Waals surface area contributed by atoms with Crippen LogP contribution in [-0.4, -0.2) is 17.3 Å². The van der Waals surface area contributed by atoms with Crippen molar-refractivity contribution < 1.29 is 4.74 Å². The van der Waals surface area contributed by atoms with Crippen LogP contribution in [0, 0.1) is 5.92 Å². The van der Waals surface area contributed by atoms with Crippen molar-refractivity contribution in [2.75, 3.05) is 12.4 Å². The largest absolute Gasteiger partial charge is 0.363 e. The van der Waals surface area contributed by atoms with Gasteiger partial charge >= 0.3 is 0 Å². The summed E-state index contributed by atoms with van der Waals surface area (Å²) in [6.45, 7) is 7.80. The van der Waals surface area contributed by atoms with E-state index in [4.69, 9.17) is 4.74 Å². The van der Waals surface area contributed by atoms with Crippen molar-refractivity contribution in [1.82, 2.24) is 0 Å². The highest BCUT2D eigenvalue weighted by molar-refractivity contribution is 8.00. The number of hydrogen-bond donors (Lipinski definition) is 0. The molecule has 0 spiro atoms. The van der Waals surface area contributed by atoms with Crippen LogP contribution < -0.4 is 0 Å². The van der Waals surface area contributed by atoms with Crippen LogP contribution in [0.25, 0.3) is 0 Å². The fourth-order valence-corrected chi connectivity index (χ4v) is 4.84. The summed E-state index contributed by atoms with van der Waals surface area (Å²) in [6.07, 6.45) is 2.36. The van der Waals surface area contributed by atoms with E-state index in [0.717, 1.165) is 12.4 Å². The van der Waals surface area contributed by atoms with Crippen LogP contribution in [0.15, 0.2) is 41.5 Å². The molecular weight excluding hydrogens is 264 g/mol. The maximum Gasteiger partial charge on any atom is 0.114 e. The Balaban J connectivity index is 1.96. The van der Waals surface area contributed by atoms with Crippen LogP contribution in [0.3, 0.4) is 0 Å². The first kappa shape index (κ1) is 14.2. The van der Waals surface area contributed by atoms with Crippen molar-refractivity contribution in [1.29, 1.82) is 0 Å². The van der Waals surface area contributed by atoms with Crippen molar-refractivity contribution >= 4 is 11.8 Å². The van der Waals surface area contributed by atoms with Gasteiger partial charge in [-0.3, -0.25) is 0 Å². The lowest BCUT2D eigenvalue weighted by molar-refractivity contribution is 0.00766. The van der Waals surface area contributed by atoms with Gasteiger partial charge < -0.3 is 4.74 Å². The Hall–Kier alpha value is -0.730. The molecule has 1 aromatic rings. The van der Waals surface area contributed by atoms with E-state index in [0.29, 0.717) is 11.8 Å². The summed E-state index contributed by atoms with van der Waals surface area (Å²) >= 11 is 2.01. The number of thioether (sulfide) groups is 1. The summed E-state index contributed by atoms with van der Waals surface area (Å²) in [4.78, 5) is -0.0114. The second-order valence-electron chi connectivity index (χ2n) is 6.31. The van der Waals surface area contributed by atoms with Gasteiger partial charge in [-0.25, -0.2) is 0 Å². The van der Waals surface area contributed by atoms with Crippen LogP contribution in [0.1, 0.15) is 45.1 Å². The summed E-state index contributed by atoms with van der Waals surface area (Å²) in [7, 11) is 0. The number of benzene rings is 1. The van der Waals surface area contributed by atoms with Crippen molar-refractivity contribution in [2.24, 2.45) is 5.92 Å². The minimum absolute atomic E-state index is 0.0114. The SMILES string of the molecule is CC1=C(C)C[C@@H](C2(C)OCCS2)[C@@H](c2ccccc2)C1. The minimum Gasteiger partial charge on any atom is -0.363 e. The summed E-state index contributed by atoms with van der Waals surface area (Å²) < 4.78 is 6.16.